The molecule has 1 saturated heterocycles. The minimum absolute atomic E-state index is 0.370. The lowest BCUT2D eigenvalue weighted by atomic mass is 9.69. The summed E-state index contributed by atoms with van der Waals surface area (Å²) < 4.78 is 0. The molecule has 2 aliphatic rings. The lowest BCUT2D eigenvalue weighted by Gasteiger charge is -2.41. The van der Waals surface area contributed by atoms with E-state index in [-0.39, 0.29) is 6.04 Å². The van der Waals surface area contributed by atoms with E-state index in [0.29, 0.717) is 17.8 Å². The Morgan fingerprint density at radius 1 is 1.32 bits per heavy atom. The van der Waals surface area contributed by atoms with Crippen molar-refractivity contribution in [3.8, 4) is 0 Å². The largest absolute Gasteiger partial charge is 0.480 e. The Balaban J connectivity index is 1.59. The predicted molar refractivity (Wildman–Crippen MR) is 66.2 cm³/mol. The van der Waals surface area contributed by atoms with Gasteiger partial charge in [-0.2, -0.15) is 5.21 Å². The van der Waals surface area contributed by atoms with Gasteiger partial charge in [0.05, 0.1) is 0 Å². The van der Waals surface area contributed by atoms with Crippen LogP contribution < -0.4 is 5.32 Å². The first-order valence-electron chi connectivity index (χ1n) is 6.91. The van der Waals surface area contributed by atoms with Crippen molar-refractivity contribution in [3.05, 3.63) is 5.82 Å². The molecule has 4 atom stereocenters. The molecule has 0 bridgehead atoms. The first-order valence-corrected chi connectivity index (χ1v) is 6.91. The number of nitrogens with zero attached hydrogens (tertiary/aromatic N) is 3. The second-order valence-electron chi connectivity index (χ2n) is 5.77. The van der Waals surface area contributed by atoms with Crippen LogP contribution in [0.4, 0.5) is 0 Å². The van der Waals surface area contributed by atoms with Gasteiger partial charge in [0.25, 0.3) is 0 Å². The summed E-state index contributed by atoms with van der Waals surface area (Å²) in [6, 6.07) is -0.370. The molecule has 3 rings (SSSR count). The fraction of sp³-hybridized carbons (Fsp3) is 0.833. The molecule has 0 aromatic carbocycles. The molecule has 1 aliphatic carbocycles. The van der Waals surface area contributed by atoms with Gasteiger partial charge < -0.3 is 10.4 Å². The highest BCUT2D eigenvalue weighted by Crippen LogP contribution is 2.39. The molecule has 3 N–H and O–H groups in total. The average Bonchev–Trinajstić information content (AvgIpc) is 2.90. The summed E-state index contributed by atoms with van der Waals surface area (Å²) in [5.41, 5.74) is 0. The number of carboxylic acids is 1. The Labute approximate surface area is 111 Å². The summed E-state index contributed by atoms with van der Waals surface area (Å²) in [6.45, 7) is 0.844. The zero-order valence-electron chi connectivity index (χ0n) is 10.7. The normalized spacial score (nSPS) is 34.7. The van der Waals surface area contributed by atoms with Gasteiger partial charge in [0.1, 0.15) is 6.04 Å². The van der Waals surface area contributed by atoms with E-state index in [2.05, 4.69) is 25.9 Å². The zero-order chi connectivity index (χ0) is 13.2. The van der Waals surface area contributed by atoms with Crippen molar-refractivity contribution in [2.45, 2.75) is 38.1 Å². The van der Waals surface area contributed by atoms with Crippen molar-refractivity contribution >= 4 is 5.97 Å². The van der Waals surface area contributed by atoms with Crippen LogP contribution in [0.2, 0.25) is 0 Å². The smallest absolute Gasteiger partial charge is 0.320 e. The van der Waals surface area contributed by atoms with Crippen LogP contribution in [0.3, 0.4) is 0 Å². The second-order valence-corrected chi connectivity index (χ2v) is 5.77. The molecule has 7 nitrogen and oxygen atoms in total. The number of carbonyl (C=O) groups is 1. The number of tetrazole rings is 1. The number of hydrogen-bond acceptors (Lipinski definition) is 5. The molecule has 0 spiro atoms. The van der Waals surface area contributed by atoms with E-state index >= 15 is 0 Å². The van der Waals surface area contributed by atoms with Crippen molar-refractivity contribution in [1.82, 2.24) is 25.9 Å². The number of aromatic amines is 1. The van der Waals surface area contributed by atoms with Crippen molar-refractivity contribution in [2.75, 3.05) is 6.54 Å². The predicted octanol–water partition coefficient (Wildman–Crippen LogP) is 0.221. The molecular formula is C12H19N5O2. The molecule has 1 aliphatic heterocycles. The molecule has 0 amide bonds. The number of fused-ring (bicyclic) bond motifs is 1. The first kappa shape index (κ1) is 12.5. The number of piperidine rings is 1. The molecule has 0 unspecified atom stereocenters. The van der Waals surface area contributed by atoms with E-state index in [9.17, 15) is 4.79 Å². The van der Waals surface area contributed by atoms with Gasteiger partial charge in [-0.05, 0) is 50.0 Å². The second kappa shape index (κ2) is 5.24. The molecule has 1 aromatic heterocycles. The average molecular weight is 265 g/mol. The highest BCUT2D eigenvalue weighted by molar-refractivity contribution is 5.73. The van der Waals surface area contributed by atoms with Crippen LogP contribution in [0.1, 0.15) is 31.5 Å². The van der Waals surface area contributed by atoms with Gasteiger partial charge in [0, 0.05) is 6.42 Å². The van der Waals surface area contributed by atoms with E-state index in [4.69, 9.17) is 5.11 Å². The number of aliphatic carboxylic acids is 1. The summed E-state index contributed by atoms with van der Waals surface area (Å²) in [5, 5.41) is 26.3. The van der Waals surface area contributed by atoms with E-state index in [1.807, 2.05) is 0 Å². The molecule has 19 heavy (non-hydrogen) atoms. The molecule has 2 heterocycles. The van der Waals surface area contributed by atoms with E-state index in [0.717, 1.165) is 31.6 Å². The standard InChI is InChI=1S/C12H19N5O2/c18-12(19)10-5-9-3-7(1-2-8(9)6-13-10)4-11-14-16-17-15-11/h7-10,13H,1-6H2,(H,18,19)(H,14,15,16,17)/t7-,8+,9-,10+/m1/s1. The number of H-pyrrole nitrogens is 1. The number of hydrogen-bond donors (Lipinski definition) is 3. The molecule has 104 valence electrons. The molecule has 2 fully saturated rings. The van der Waals surface area contributed by atoms with Gasteiger partial charge in [-0.1, -0.05) is 5.21 Å². The Hall–Kier alpha value is -1.50. The van der Waals surface area contributed by atoms with Crippen LogP contribution in [-0.4, -0.2) is 44.3 Å². The Bertz CT molecular complexity index is 435. The van der Waals surface area contributed by atoms with Crippen molar-refractivity contribution < 1.29 is 9.90 Å². The highest BCUT2D eigenvalue weighted by atomic mass is 16.4. The monoisotopic (exact) mass is 265 g/mol. The van der Waals surface area contributed by atoms with E-state index in [1.54, 1.807) is 0 Å². The first-order chi connectivity index (χ1) is 9.22. The summed E-state index contributed by atoms with van der Waals surface area (Å²) in [6.07, 6.45) is 5.04. The highest BCUT2D eigenvalue weighted by Gasteiger charge is 2.37. The van der Waals surface area contributed by atoms with Crippen LogP contribution in [0, 0.1) is 17.8 Å². The van der Waals surface area contributed by atoms with Gasteiger partial charge in [0.2, 0.25) is 0 Å². The summed E-state index contributed by atoms with van der Waals surface area (Å²) in [5.74, 6) is 1.77. The third-order valence-electron chi connectivity index (χ3n) is 4.57. The topological polar surface area (TPSA) is 104 Å². The fourth-order valence-corrected chi connectivity index (χ4v) is 3.56. The van der Waals surface area contributed by atoms with Gasteiger partial charge in [0.15, 0.2) is 5.82 Å². The van der Waals surface area contributed by atoms with Crippen molar-refractivity contribution in [1.29, 1.82) is 0 Å². The molecule has 1 saturated carbocycles. The summed E-state index contributed by atoms with van der Waals surface area (Å²) in [7, 11) is 0. The van der Waals surface area contributed by atoms with Gasteiger partial charge in [-0.25, -0.2) is 0 Å². The molecular weight excluding hydrogens is 246 g/mol. The van der Waals surface area contributed by atoms with Crippen LogP contribution in [0.25, 0.3) is 0 Å². The van der Waals surface area contributed by atoms with Crippen LogP contribution in [0.15, 0.2) is 0 Å². The molecule has 0 radical (unpaired) electrons. The Morgan fingerprint density at radius 3 is 2.95 bits per heavy atom. The number of nitrogens with one attached hydrogen (secondary N) is 2. The quantitative estimate of drug-likeness (QED) is 0.722. The third-order valence-corrected chi connectivity index (χ3v) is 4.57. The summed E-state index contributed by atoms with van der Waals surface area (Å²) in [4.78, 5) is 11.1. The van der Waals surface area contributed by atoms with Crippen LogP contribution in [-0.2, 0) is 11.2 Å². The third kappa shape index (κ3) is 2.75. The maximum absolute atomic E-state index is 11.1. The van der Waals surface area contributed by atoms with E-state index < -0.39 is 5.97 Å². The lowest BCUT2D eigenvalue weighted by molar-refractivity contribution is -0.141. The van der Waals surface area contributed by atoms with Crippen molar-refractivity contribution in [3.63, 3.8) is 0 Å². The van der Waals surface area contributed by atoms with Crippen LogP contribution >= 0.6 is 0 Å². The Morgan fingerprint density at radius 2 is 2.21 bits per heavy atom. The van der Waals surface area contributed by atoms with Gasteiger partial charge in [-0.3, -0.25) is 4.79 Å². The van der Waals surface area contributed by atoms with E-state index in [1.165, 1.54) is 12.8 Å². The Kier molecular flexibility index (Phi) is 3.46. The summed E-state index contributed by atoms with van der Waals surface area (Å²) >= 11 is 0. The number of carboxylic acid groups (broad SMARTS) is 1. The maximum Gasteiger partial charge on any atom is 0.320 e. The minimum atomic E-state index is -0.723. The number of rotatable bonds is 3. The fourth-order valence-electron chi connectivity index (χ4n) is 3.56. The SMILES string of the molecule is O=C(O)[C@@H]1C[C@H]2C[C@H](Cc3nn[nH]n3)CC[C@H]2CN1. The maximum atomic E-state index is 11.1. The molecule has 1 aromatic rings. The van der Waals surface area contributed by atoms with Gasteiger partial charge >= 0.3 is 5.97 Å². The van der Waals surface area contributed by atoms with Crippen molar-refractivity contribution in [2.24, 2.45) is 17.8 Å². The minimum Gasteiger partial charge on any atom is -0.480 e. The number of aromatic nitrogens is 4. The van der Waals surface area contributed by atoms with Gasteiger partial charge in [-0.15, -0.1) is 10.2 Å². The lowest BCUT2D eigenvalue weighted by Crippen LogP contribution is -2.49. The zero-order valence-corrected chi connectivity index (χ0v) is 10.7. The molecule has 7 heteroatoms. The van der Waals surface area contributed by atoms with Crippen LogP contribution in [0.5, 0.6) is 0 Å².